The first-order valence-corrected chi connectivity index (χ1v) is 9.99. The van der Waals surface area contributed by atoms with Crippen molar-refractivity contribution in [1.82, 2.24) is 20.4 Å². The lowest BCUT2D eigenvalue weighted by atomic mass is 9.78. The summed E-state index contributed by atoms with van der Waals surface area (Å²) in [5.74, 6) is -0.510. The number of para-hydroxylation sites is 1. The minimum Gasteiger partial charge on any atom is -0.352 e. The number of H-pyrrole nitrogens is 1. The van der Waals surface area contributed by atoms with Crippen LogP contribution in [0.2, 0.25) is 0 Å². The molecular formula is C21H25N5O2. The van der Waals surface area contributed by atoms with E-state index in [1.54, 1.807) is 0 Å². The fourth-order valence-corrected chi connectivity index (χ4v) is 5.51. The lowest BCUT2D eigenvalue weighted by Gasteiger charge is -2.36. The number of carbonyl (C=O) groups is 2. The Hall–Kier alpha value is -2.67. The number of anilines is 1. The topological polar surface area (TPSA) is 90.1 Å². The second-order valence-corrected chi connectivity index (χ2v) is 8.17. The molecule has 7 nitrogen and oxygen atoms in total. The third kappa shape index (κ3) is 2.22. The Morgan fingerprint density at radius 3 is 2.96 bits per heavy atom. The molecule has 5 rings (SSSR count). The summed E-state index contributed by atoms with van der Waals surface area (Å²) in [5.41, 5.74) is 3.76. The molecule has 3 aliphatic rings. The predicted molar refractivity (Wildman–Crippen MR) is 104 cm³/mol. The van der Waals surface area contributed by atoms with Gasteiger partial charge in [0.25, 0.3) is 0 Å². The lowest BCUT2D eigenvalue weighted by molar-refractivity contribution is -0.137. The van der Waals surface area contributed by atoms with Crippen molar-refractivity contribution in [2.75, 3.05) is 11.9 Å². The van der Waals surface area contributed by atoms with Crippen molar-refractivity contribution in [3.8, 4) is 0 Å². The van der Waals surface area contributed by atoms with Crippen LogP contribution in [0.25, 0.3) is 0 Å². The number of nitrogens with zero attached hydrogens (tertiary/aromatic N) is 2. The first kappa shape index (κ1) is 17.4. The molecule has 3 aliphatic heterocycles. The predicted octanol–water partition coefficient (Wildman–Crippen LogP) is 1.97. The first-order valence-electron chi connectivity index (χ1n) is 9.99. The third-order valence-corrected chi connectivity index (χ3v) is 6.81. The van der Waals surface area contributed by atoms with Crippen LogP contribution in [0.4, 0.5) is 5.69 Å². The fraction of sp³-hybridized carbons (Fsp3) is 0.476. The Balaban J connectivity index is 1.50. The zero-order valence-corrected chi connectivity index (χ0v) is 16.2. The van der Waals surface area contributed by atoms with Crippen LogP contribution in [0.3, 0.4) is 0 Å². The van der Waals surface area contributed by atoms with Gasteiger partial charge in [-0.15, -0.1) is 0 Å². The maximum absolute atomic E-state index is 13.4. The summed E-state index contributed by atoms with van der Waals surface area (Å²) in [6, 6.07) is 8.09. The number of hydrogen-bond donors (Lipinski definition) is 3. The average molecular weight is 379 g/mol. The number of benzene rings is 1. The van der Waals surface area contributed by atoms with E-state index in [1.165, 1.54) is 0 Å². The number of nitrogens with one attached hydrogen (secondary N) is 3. The molecule has 0 saturated carbocycles. The van der Waals surface area contributed by atoms with Crippen LogP contribution in [0.1, 0.15) is 41.8 Å². The molecule has 2 fully saturated rings. The van der Waals surface area contributed by atoms with Crippen LogP contribution in [0.15, 0.2) is 24.3 Å². The minimum atomic E-state index is -0.887. The van der Waals surface area contributed by atoms with Crippen LogP contribution in [0.5, 0.6) is 0 Å². The molecule has 146 valence electrons. The van der Waals surface area contributed by atoms with Gasteiger partial charge in [0.1, 0.15) is 5.54 Å². The molecule has 3 atom stereocenters. The summed E-state index contributed by atoms with van der Waals surface area (Å²) >= 11 is 0. The van der Waals surface area contributed by atoms with Crippen LogP contribution in [-0.2, 0) is 21.7 Å². The van der Waals surface area contributed by atoms with E-state index in [9.17, 15) is 9.59 Å². The second kappa shape index (κ2) is 6.17. The Morgan fingerprint density at radius 2 is 2.18 bits per heavy atom. The highest BCUT2D eigenvalue weighted by Gasteiger charge is 2.65. The smallest absolute Gasteiger partial charge is 0.250 e. The normalized spacial score (nSPS) is 28.4. The van der Waals surface area contributed by atoms with Gasteiger partial charge in [0, 0.05) is 35.1 Å². The van der Waals surface area contributed by atoms with Crippen molar-refractivity contribution >= 4 is 17.5 Å². The maximum atomic E-state index is 13.4. The molecule has 7 heteroatoms. The van der Waals surface area contributed by atoms with Gasteiger partial charge in [-0.1, -0.05) is 18.2 Å². The van der Waals surface area contributed by atoms with E-state index in [-0.39, 0.29) is 17.9 Å². The van der Waals surface area contributed by atoms with Gasteiger partial charge in [-0.3, -0.25) is 19.6 Å². The average Bonchev–Trinajstić information content (AvgIpc) is 3.40. The quantitative estimate of drug-likeness (QED) is 0.761. The van der Waals surface area contributed by atoms with E-state index in [0.717, 1.165) is 54.0 Å². The summed E-state index contributed by atoms with van der Waals surface area (Å²) in [4.78, 5) is 29.0. The number of rotatable bonds is 3. The molecule has 0 unspecified atom stereocenters. The molecule has 2 saturated heterocycles. The third-order valence-electron chi connectivity index (χ3n) is 6.81. The molecule has 0 bridgehead atoms. The zero-order chi connectivity index (χ0) is 19.5. The van der Waals surface area contributed by atoms with Crippen molar-refractivity contribution < 1.29 is 9.59 Å². The van der Waals surface area contributed by atoms with Crippen molar-refractivity contribution in [2.24, 2.45) is 5.92 Å². The van der Waals surface area contributed by atoms with E-state index in [0.29, 0.717) is 6.54 Å². The number of aryl methyl sites for hydroxylation is 2. The van der Waals surface area contributed by atoms with Gasteiger partial charge in [-0.2, -0.15) is 5.10 Å². The number of aromatic nitrogens is 2. The van der Waals surface area contributed by atoms with E-state index >= 15 is 0 Å². The molecule has 1 aromatic carbocycles. The monoisotopic (exact) mass is 379 g/mol. The highest BCUT2D eigenvalue weighted by atomic mass is 16.2. The molecule has 4 heterocycles. The second-order valence-electron chi connectivity index (χ2n) is 8.17. The highest BCUT2D eigenvalue weighted by Crippen LogP contribution is 2.55. The van der Waals surface area contributed by atoms with Crippen molar-refractivity contribution in [3.05, 3.63) is 46.8 Å². The van der Waals surface area contributed by atoms with Gasteiger partial charge < -0.3 is 10.6 Å². The highest BCUT2D eigenvalue weighted by molar-refractivity contribution is 6.09. The van der Waals surface area contributed by atoms with Crippen LogP contribution in [0, 0.1) is 19.8 Å². The Labute approximate surface area is 163 Å². The number of amides is 2. The molecule has 1 aromatic heterocycles. The van der Waals surface area contributed by atoms with Crippen molar-refractivity contribution in [3.63, 3.8) is 0 Å². The standard InChI is InChI=1S/C21H25N5O2/c1-12-15(13(2)25-24-12)11-22-19(27)17-10-14-6-5-9-26(14)21(17)16-7-3-4-8-18(16)23-20(21)28/h3-4,7-8,14,17H,5-6,9-11H2,1-2H3,(H,22,27)(H,23,28)(H,24,25)/t14-,17-,21+/m1/s1. The molecule has 2 amide bonds. The molecule has 28 heavy (non-hydrogen) atoms. The molecule has 0 aliphatic carbocycles. The van der Waals surface area contributed by atoms with Crippen LogP contribution in [-0.4, -0.2) is 39.5 Å². The number of fused-ring (bicyclic) bond motifs is 4. The number of carbonyl (C=O) groups excluding carboxylic acids is 2. The van der Waals surface area contributed by atoms with Gasteiger partial charge in [-0.25, -0.2) is 0 Å². The largest absolute Gasteiger partial charge is 0.352 e. The molecule has 0 radical (unpaired) electrons. The molecule has 1 spiro atoms. The SMILES string of the molecule is Cc1n[nH]c(C)c1CNC(=O)[C@H]1C[C@H]2CCCN2[C@]12C(=O)Nc1ccccc12. The summed E-state index contributed by atoms with van der Waals surface area (Å²) in [6.07, 6.45) is 2.83. The van der Waals surface area contributed by atoms with Gasteiger partial charge in [0.2, 0.25) is 11.8 Å². The summed E-state index contributed by atoms with van der Waals surface area (Å²) in [6.45, 7) is 5.16. The minimum absolute atomic E-state index is 0.0544. The molecule has 2 aromatic rings. The lowest BCUT2D eigenvalue weighted by Crippen LogP contribution is -2.54. The van der Waals surface area contributed by atoms with Crippen molar-refractivity contribution in [2.45, 2.75) is 51.2 Å². The fourth-order valence-electron chi connectivity index (χ4n) is 5.51. The van der Waals surface area contributed by atoms with E-state index in [4.69, 9.17) is 0 Å². The van der Waals surface area contributed by atoms with Gasteiger partial charge in [0.05, 0.1) is 11.6 Å². The van der Waals surface area contributed by atoms with E-state index in [2.05, 4.69) is 25.7 Å². The van der Waals surface area contributed by atoms with Crippen LogP contribution >= 0.6 is 0 Å². The maximum Gasteiger partial charge on any atom is 0.250 e. The van der Waals surface area contributed by atoms with E-state index in [1.807, 2.05) is 38.1 Å². The molecular weight excluding hydrogens is 354 g/mol. The van der Waals surface area contributed by atoms with Crippen molar-refractivity contribution in [1.29, 1.82) is 0 Å². The van der Waals surface area contributed by atoms with E-state index < -0.39 is 11.5 Å². The van der Waals surface area contributed by atoms with Gasteiger partial charge in [0.15, 0.2) is 0 Å². The van der Waals surface area contributed by atoms with Gasteiger partial charge in [-0.05, 0) is 45.7 Å². The molecule has 3 N–H and O–H groups in total. The van der Waals surface area contributed by atoms with Gasteiger partial charge >= 0.3 is 0 Å². The van der Waals surface area contributed by atoms with Crippen LogP contribution < -0.4 is 10.6 Å². The zero-order valence-electron chi connectivity index (χ0n) is 16.2. The summed E-state index contributed by atoms with van der Waals surface area (Å²) in [7, 11) is 0. The number of hydrogen-bond acceptors (Lipinski definition) is 4. The summed E-state index contributed by atoms with van der Waals surface area (Å²) < 4.78 is 0. The number of aromatic amines is 1. The Kier molecular flexibility index (Phi) is 3.84. The summed E-state index contributed by atoms with van der Waals surface area (Å²) in [5, 5.41) is 13.3. The Bertz CT molecular complexity index is 948. The Morgan fingerprint density at radius 1 is 1.36 bits per heavy atom. The first-order chi connectivity index (χ1) is 13.5.